The van der Waals surface area contributed by atoms with Crippen molar-refractivity contribution in [3.8, 4) is 0 Å². The summed E-state index contributed by atoms with van der Waals surface area (Å²) >= 11 is 25.3. The maximum Gasteiger partial charge on any atom is 0.190 e. The number of hydrazine groups is 1. The molecule has 2 heterocycles. The van der Waals surface area contributed by atoms with Crippen LogP contribution < -0.4 is 0 Å². The van der Waals surface area contributed by atoms with Gasteiger partial charge in [-0.25, -0.2) is 10.0 Å². The van der Waals surface area contributed by atoms with E-state index in [1.54, 1.807) is 0 Å². The van der Waals surface area contributed by atoms with E-state index in [9.17, 15) is 0 Å². The van der Waals surface area contributed by atoms with Crippen molar-refractivity contribution in [2.45, 2.75) is 36.6 Å². The Morgan fingerprint density at radius 1 is 0.688 bits per heavy atom. The number of hydrogen-bond donors (Lipinski definition) is 0. The zero-order chi connectivity index (χ0) is 12.6. The molecule has 16 heavy (non-hydrogen) atoms. The van der Waals surface area contributed by atoms with Crippen LogP contribution in [-0.4, -0.2) is 32.0 Å². The van der Waals surface area contributed by atoms with Gasteiger partial charge >= 0.3 is 0 Å². The van der Waals surface area contributed by atoms with Gasteiger partial charge in [-0.2, -0.15) is 0 Å². The van der Waals surface area contributed by atoms with Gasteiger partial charge in [0, 0.05) is 23.9 Å². The van der Waals surface area contributed by atoms with Crippen molar-refractivity contribution in [2.24, 2.45) is 10.8 Å². The number of halogens is 4. The van der Waals surface area contributed by atoms with E-state index in [1.807, 2.05) is 37.7 Å². The molecule has 0 amide bonds. The van der Waals surface area contributed by atoms with E-state index in [0.29, 0.717) is 0 Å². The highest BCUT2D eigenvalue weighted by atomic mass is 35.5. The number of hydrogen-bond acceptors (Lipinski definition) is 2. The lowest BCUT2D eigenvalue weighted by Gasteiger charge is -2.68. The molecule has 0 unspecified atom stereocenters. The second kappa shape index (κ2) is 3.34. The average molecular weight is 306 g/mol. The first-order chi connectivity index (χ1) is 6.93. The minimum Gasteiger partial charge on any atom is -0.204 e. The standard InChI is InChI=1S/C10H16Cl4N2/c1-7(2)5-15(9(7,11)12)16-6-8(3,4)10(16,13)14/h5-6H2,1-4H3. The zero-order valence-electron chi connectivity index (χ0n) is 9.82. The molecular weight excluding hydrogens is 290 g/mol. The molecule has 0 atom stereocenters. The summed E-state index contributed by atoms with van der Waals surface area (Å²) in [5.74, 6) is 0. The van der Waals surface area contributed by atoms with Gasteiger partial charge in [0.05, 0.1) is 0 Å². The average Bonchev–Trinajstić information content (AvgIpc) is 2.11. The first-order valence-electron chi connectivity index (χ1n) is 5.24. The van der Waals surface area contributed by atoms with Crippen molar-refractivity contribution in [1.29, 1.82) is 0 Å². The SMILES string of the molecule is CC1(C)CN(N2CC(C)(C)C2(Cl)Cl)C1(Cl)Cl. The predicted molar refractivity (Wildman–Crippen MR) is 69.8 cm³/mol. The summed E-state index contributed by atoms with van der Waals surface area (Å²) in [6.45, 7) is 9.63. The van der Waals surface area contributed by atoms with Crippen molar-refractivity contribution in [3.63, 3.8) is 0 Å². The van der Waals surface area contributed by atoms with Gasteiger partial charge in [-0.1, -0.05) is 74.1 Å². The van der Waals surface area contributed by atoms with Crippen molar-refractivity contribution in [2.75, 3.05) is 13.1 Å². The molecule has 2 aliphatic rings. The molecule has 0 radical (unpaired) electrons. The first-order valence-corrected chi connectivity index (χ1v) is 6.75. The molecule has 0 spiro atoms. The van der Waals surface area contributed by atoms with Crippen LogP contribution in [-0.2, 0) is 0 Å². The van der Waals surface area contributed by atoms with E-state index in [1.165, 1.54) is 0 Å². The topological polar surface area (TPSA) is 6.48 Å². The van der Waals surface area contributed by atoms with Gasteiger partial charge in [0.2, 0.25) is 0 Å². The third-order valence-electron chi connectivity index (χ3n) is 3.66. The van der Waals surface area contributed by atoms with Gasteiger partial charge in [0.25, 0.3) is 0 Å². The highest BCUT2D eigenvalue weighted by Gasteiger charge is 2.68. The normalized spacial score (nSPS) is 35.2. The summed E-state index contributed by atoms with van der Waals surface area (Å²) in [6.07, 6.45) is 0. The predicted octanol–water partition coefficient (Wildman–Crippen LogP) is 3.85. The van der Waals surface area contributed by atoms with Crippen molar-refractivity contribution in [3.05, 3.63) is 0 Å². The monoisotopic (exact) mass is 304 g/mol. The molecule has 0 aromatic heterocycles. The second-order valence-electron chi connectivity index (χ2n) is 5.97. The minimum absolute atomic E-state index is 0.153. The smallest absolute Gasteiger partial charge is 0.190 e. The highest BCUT2D eigenvalue weighted by Crippen LogP contribution is 2.61. The fourth-order valence-corrected chi connectivity index (χ4v) is 2.97. The molecule has 0 aromatic carbocycles. The Morgan fingerprint density at radius 2 is 0.938 bits per heavy atom. The summed E-state index contributed by atoms with van der Waals surface area (Å²) in [4.78, 5) is 0. The van der Waals surface area contributed by atoms with Gasteiger partial charge in [-0.3, -0.25) is 0 Å². The Morgan fingerprint density at radius 3 is 1.06 bits per heavy atom. The van der Waals surface area contributed by atoms with Crippen LogP contribution in [0.4, 0.5) is 0 Å². The van der Waals surface area contributed by atoms with Crippen LogP contribution in [0.25, 0.3) is 0 Å². The summed E-state index contributed by atoms with van der Waals surface area (Å²) in [6, 6.07) is 0. The summed E-state index contributed by atoms with van der Waals surface area (Å²) in [7, 11) is 0. The van der Waals surface area contributed by atoms with Crippen LogP contribution in [0.1, 0.15) is 27.7 Å². The molecule has 6 heteroatoms. The summed E-state index contributed by atoms with van der Waals surface area (Å²) in [5, 5.41) is 3.70. The van der Waals surface area contributed by atoms with Gasteiger partial charge in [0.1, 0.15) is 0 Å². The lowest BCUT2D eigenvalue weighted by Crippen LogP contribution is -2.81. The largest absolute Gasteiger partial charge is 0.204 e. The van der Waals surface area contributed by atoms with Crippen LogP contribution >= 0.6 is 46.4 Å². The molecular formula is C10H16Cl4N2. The van der Waals surface area contributed by atoms with E-state index < -0.39 is 8.91 Å². The van der Waals surface area contributed by atoms with E-state index >= 15 is 0 Å². The maximum atomic E-state index is 6.32. The Bertz CT molecular complexity index is 293. The molecule has 2 nitrogen and oxygen atoms in total. The van der Waals surface area contributed by atoms with Crippen LogP contribution in [0.3, 0.4) is 0 Å². The van der Waals surface area contributed by atoms with Gasteiger partial charge in [-0.15, -0.1) is 0 Å². The highest BCUT2D eigenvalue weighted by molar-refractivity contribution is 6.50. The van der Waals surface area contributed by atoms with E-state index in [-0.39, 0.29) is 10.8 Å². The Hall–Kier alpha value is 1.08. The molecule has 0 saturated carbocycles. The van der Waals surface area contributed by atoms with Crippen LogP contribution in [0.2, 0.25) is 0 Å². The molecule has 2 rings (SSSR count). The third kappa shape index (κ3) is 1.47. The Balaban J connectivity index is 2.15. The molecule has 94 valence electrons. The lowest BCUT2D eigenvalue weighted by molar-refractivity contribution is -0.261. The quantitative estimate of drug-likeness (QED) is 0.536. The van der Waals surface area contributed by atoms with Crippen molar-refractivity contribution in [1.82, 2.24) is 10.0 Å². The Labute approximate surface area is 117 Å². The number of nitrogens with zero attached hydrogens (tertiary/aromatic N) is 2. The fourth-order valence-electron chi connectivity index (χ4n) is 2.13. The molecule has 2 fully saturated rings. The minimum atomic E-state index is -0.932. The number of alkyl halides is 4. The van der Waals surface area contributed by atoms with E-state index in [0.717, 1.165) is 13.1 Å². The molecule has 2 saturated heterocycles. The molecule has 0 aliphatic carbocycles. The van der Waals surface area contributed by atoms with Crippen molar-refractivity contribution >= 4 is 46.4 Å². The summed E-state index contributed by atoms with van der Waals surface area (Å²) < 4.78 is -1.86. The maximum absolute atomic E-state index is 6.32. The van der Waals surface area contributed by atoms with Crippen LogP contribution in [0.15, 0.2) is 0 Å². The second-order valence-corrected chi connectivity index (χ2v) is 8.54. The number of rotatable bonds is 1. The fraction of sp³-hybridized carbons (Fsp3) is 1.00. The van der Waals surface area contributed by atoms with Crippen LogP contribution in [0, 0.1) is 10.8 Å². The molecule has 0 bridgehead atoms. The zero-order valence-corrected chi connectivity index (χ0v) is 12.8. The third-order valence-corrected chi connectivity index (χ3v) is 6.49. The molecule has 0 aromatic rings. The Kier molecular flexibility index (Phi) is 2.82. The van der Waals surface area contributed by atoms with Gasteiger partial charge in [0.15, 0.2) is 8.91 Å². The molecule has 2 aliphatic heterocycles. The van der Waals surface area contributed by atoms with E-state index in [2.05, 4.69) is 0 Å². The van der Waals surface area contributed by atoms with Crippen LogP contribution in [0.5, 0.6) is 0 Å². The first kappa shape index (κ1) is 13.5. The van der Waals surface area contributed by atoms with Crippen molar-refractivity contribution < 1.29 is 0 Å². The summed E-state index contributed by atoms with van der Waals surface area (Å²) in [5.41, 5.74) is -0.306. The van der Waals surface area contributed by atoms with Gasteiger partial charge < -0.3 is 0 Å². The van der Waals surface area contributed by atoms with E-state index in [4.69, 9.17) is 46.4 Å². The lowest BCUT2D eigenvalue weighted by atomic mass is 9.81. The molecule has 0 N–H and O–H groups in total. The van der Waals surface area contributed by atoms with Gasteiger partial charge in [-0.05, 0) is 0 Å².